The smallest absolute Gasteiger partial charge is 0.160 e. The normalized spacial score (nSPS) is 13.1. The number of rotatable bonds is 4. The van der Waals surface area contributed by atoms with Crippen LogP contribution in [0.15, 0.2) is 200 Å². The summed E-state index contributed by atoms with van der Waals surface area (Å²) in [6.45, 7) is 0. The van der Waals surface area contributed by atoms with Gasteiger partial charge in [0.1, 0.15) is 11.5 Å². The van der Waals surface area contributed by atoms with E-state index in [0.717, 1.165) is 78.1 Å². The maximum absolute atomic E-state index is 7.14. The van der Waals surface area contributed by atoms with E-state index in [1.807, 2.05) is 18.3 Å². The first-order valence-electron chi connectivity index (χ1n) is 19.7. The molecule has 1 spiro atoms. The molecule has 10 aromatic rings. The first kappa shape index (κ1) is 32.5. The third kappa shape index (κ3) is 4.79. The molecule has 4 heteroatoms. The van der Waals surface area contributed by atoms with Gasteiger partial charge in [0.25, 0.3) is 0 Å². The zero-order valence-corrected chi connectivity index (χ0v) is 31.3. The summed E-state index contributed by atoms with van der Waals surface area (Å²) in [7, 11) is 0. The number of aromatic nitrogens is 3. The van der Waals surface area contributed by atoms with Crippen LogP contribution < -0.4 is 4.74 Å². The summed E-state index contributed by atoms with van der Waals surface area (Å²) < 4.78 is 7.14. The Morgan fingerprint density at radius 1 is 0.379 bits per heavy atom. The number of fused-ring (bicyclic) bond motifs is 11. The van der Waals surface area contributed by atoms with E-state index < -0.39 is 5.41 Å². The third-order valence-corrected chi connectivity index (χ3v) is 12.0. The van der Waals surface area contributed by atoms with Gasteiger partial charge in [-0.15, -0.1) is 0 Å². The number of ether oxygens (including phenoxy) is 1. The number of para-hydroxylation sites is 1. The van der Waals surface area contributed by atoms with E-state index in [-0.39, 0.29) is 0 Å². The third-order valence-electron chi connectivity index (χ3n) is 12.0. The number of hydrogen-bond acceptors (Lipinski definition) is 4. The van der Waals surface area contributed by atoms with Gasteiger partial charge < -0.3 is 4.74 Å². The van der Waals surface area contributed by atoms with Crippen molar-refractivity contribution in [3.8, 4) is 67.7 Å². The summed E-state index contributed by atoms with van der Waals surface area (Å²) >= 11 is 0. The first-order chi connectivity index (χ1) is 28.7. The Morgan fingerprint density at radius 2 is 0.966 bits per heavy atom. The maximum Gasteiger partial charge on any atom is 0.160 e. The number of pyridine rings is 1. The zero-order valence-electron chi connectivity index (χ0n) is 31.3. The molecule has 8 aromatic carbocycles. The van der Waals surface area contributed by atoms with Crippen molar-refractivity contribution in [3.05, 3.63) is 223 Å². The minimum atomic E-state index is -0.606. The molecule has 58 heavy (non-hydrogen) atoms. The Kier molecular flexibility index (Phi) is 7.11. The van der Waals surface area contributed by atoms with Crippen LogP contribution in [0, 0.1) is 0 Å². The molecule has 270 valence electrons. The van der Waals surface area contributed by atoms with E-state index in [9.17, 15) is 0 Å². The van der Waals surface area contributed by atoms with Crippen molar-refractivity contribution in [2.24, 2.45) is 0 Å². The van der Waals surface area contributed by atoms with Crippen molar-refractivity contribution in [2.75, 3.05) is 0 Å². The average Bonchev–Trinajstić information content (AvgIpc) is 3.59. The second kappa shape index (κ2) is 12.7. The fourth-order valence-corrected chi connectivity index (χ4v) is 9.48. The van der Waals surface area contributed by atoms with E-state index in [0.29, 0.717) is 5.82 Å². The van der Waals surface area contributed by atoms with Gasteiger partial charge in [-0.1, -0.05) is 170 Å². The lowest BCUT2D eigenvalue weighted by Gasteiger charge is -2.39. The maximum atomic E-state index is 7.14. The molecule has 1 aliphatic heterocycles. The molecule has 4 nitrogen and oxygen atoms in total. The van der Waals surface area contributed by atoms with Crippen molar-refractivity contribution in [1.82, 2.24) is 15.0 Å². The number of hydrogen-bond donors (Lipinski definition) is 0. The van der Waals surface area contributed by atoms with Gasteiger partial charge in [0.05, 0.1) is 22.3 Å². The lowest BCUT2D eigenvalue weighted by molar-refractivity contribution is 0.437. The minimum Gasteiger partial charge on any atom is -0.457 e. The molecule has 1 aliphatic carbocycles. The van der Waals surface area contributed by atoms with Crippen molar-refractivity contribution >= 4 is 21.7 Å². The molecule has 3 heterocycles. The molecule has 0 amide bonds. The van der Waals surface area contributed by atoms with E-state index in [1.165, 1.54) is 27.6 Å². The van der Waals surface area contributed by atoms with Crippen LogP contribution in [0.3, 0.4) is 0 Å². The number of nitrogens with zero attached hydrogens (tertiary/aromatic N) is 3. The summed E-state index contributed by atoms with van der Waals surface area (Å²) in [6.07, 6.45) is 1.86. The highest BCUT2D eigenvalue weighted by atomic mass is 16.5. The Balaban J connectivity index is 1.10. The largest absolute Gasteiger partial charge is 0.457 e. The molecule has 12 rings (SSSR count). The standard InChI is InChI=1S/C54H33N3O/c1-2-14-35(15-3-1)48-33-49(43-23-10-16-34-13-4-5-19-39(34)43)57-53(56-48)38-27-29-47-51(32-38)58-50-31-37(40-22-11-17-36-18-12-30-55-52(36)40)26-28-46(50)54(47)44-24-8-6-20-41(44)42-21-7-9-25-45(42)54/h1-33H. The summed E-state index contributed by atoms with van der Waals surface area (Å²) in [5, 5.41) is 3.42. The highest BCUT2D eigenvalue weighted by molar-refractivity contribution is 5.97. The van der Waals surface area contributed by atoms with Crippen LogP contribution in [0.4, 0.5) is 0 Å². The lowest BCUT2D eigenvalue weighted by atomic mass is 9.66. The summed E-state index contributed by atoms with van der Waals surface area (Å²) in [5.74, 6) is 2.24. The molecule has 2 aromatic heterocycles. The van der Waals surface area contributed by atoms with Crippen LogP contribution in [0.2, 0.25) is 0 Å². The Morgan fingerprint density at radius 3 is 1.76 bits per heavy atom. The molecule has 0 atom stereocenters. The first-order valence-corrected chi connectivity index (χ1v) is 19.7. The fraction of sp³-hybridized carbons (Fsp3) is 0.0185. The van der Waals surface area contributed by atoms with Crippen molar-refractivity contribution in [2.45, 2.75) is 5.41 Å². The molecule has 0 saturated carbocycles. The van der Waals surface area contributed by atoms with Crippen LogP contribution >= 0.6 is 0 Å². The van der Waals surface area contributed by atoms with Crippen LogP contribution in [-0.2, 0) is 5.41 Å². The molecule has 0 fully saturated rings. The van der Waals surface area contributed by atoms with Crippen LogP contribution in [0.1, 0.15) is 22.3 Å². The van der Waals surface area contributed by atoms with Gasteiger partial charge >= 0.3 is 0 Å². The zero-order chi connectivity index (χ0) is 38.2. The molecular weight excluding hydrogens is 707 g/mol. The van der Waals surface area contributed by atoms with E-state index in [2.05, 4.69) is 182 Å². The van der Waals surface area contributed by atoms with Gasteiger partial charge in [0.2, 0.25) is 0 Å². The SMILES string of the molecule is c1ccc(-c2cc(-c3cccc4ccccc34)nc(-c3ccc4c(c3)Oc3cc(-c5cccc6cccnc56)ccc3C43c4ccccc4-c4ccccc43)n2)cc1. The van der Waals surface area contributed by atoms with Gasteiger partial charge in [-0.2, -0.15) is 0 Å². The van der Waals surface area contributed by atoms with E-state index in [1.54, 1.807) is 0 Å². The van der Waals surface area contributed by atoms with Gasteiger partial charge in [-0.05, 0) is 62.9 Å². The second-order valence-electron chi connectivity index (χ2n) is 15.1. The van der Waals surface area contributed by atoms with Crippen molar-refractivity contribution in [3.63, 3.8) is 0 Å². The van der Waals surface area contributed by atoms with Crippen molar-refractivity contribution < 1.29 is 4.74 Å². The summed E-state index contributed by atoms with van der Waals surface area (Å²) in [6, 6.07) is 68.7. The van der Waals surface area contributed by atoms with Gasteiger partial charge in [-0.25, -0.2) is 9.97 Å². The summed E-state index contributed by atoms with van der Waals surface area (Å²) in [4.78, 5) is 15.4. The molecule has 0 N–H and O–H groups in total. The molecule has 0 bridgehead atoms. The predicted octanol–water partition coefficient (Wildman–Crippen LogP) is 13.3. The average molecular weight is 740 g/mol. The lowest BCUT2D eigenvalue weighted by Crippen LogP contribution is -2.32. The van der Waals surface area contributed by atoms with Gasteiger partial charge in [0.15, 0.2) is 5.82 Å². The molecular formula is C54H33N3O. The summed E-state index contributed by atoms with van der Waals surface area (Å²) in [5.41, 5.74) is 14.4. The monoisotopic (exact) mass is 739 g/mol. The molecule has 0 radical (unpaired) electrons. The molecule has 2 aliphatic rings. The minimum absolute atomic E-state index is 0.606. The quantitative estimate of drug-likeness (QED) is 0.180. The van der Waals surface area contributed by atoms with Gasteiger partial charge in [0, 0.05) is 45.0 Å². The van der Waals surface area contributed by atoms with E-state index >= 15 is 0 Å². The van der Waals surface area contributed by atoms with Crippen LogP contribution in [-0.4, -0.2) is 15.0 Å². The van der Waals surface area contributed by atoms with Crippen molar-refractivity contribution in [1.29, 1.82) is 0 Å². The molecule has 0 saturated heterocycles. The highest BCUT2D eigenvalue weighted by Gasteiger charge is 2.51. The Labute approximate surface area is 335 Å². The second-order valence-corrected chi connectivity index (χ2v) is 15.1. The molecule has 0 unspecified atom stereocenters. The highest BCUT2D eigenvalue weighted by Crippen LogP contribution is 2.62. The topological polar surface area (TPSA) is 47.9 Å². The predicted molar refractivity (Wildman–Crippen MR) is 234 cm³/mol. The number of benzene rings is 8. The Hall–Kier alpha value is -7.69. The fourth-order valence-electron chi connectivity index (χ4n) is 9.48. The van der Waals surface area contributed by atoms with E-state index in [4.69, 9.17) is 19.7 Å². The van der Waals surface area contributed by atoms with Crippen LogP contribution in [0.5, 0.6) is 11.5 Å². The Bertz CT molecular complexity index is 3220. The van der Waals surface area contributed by atoms with Crippen LogP contribution in [0.25, 0.3) is 77.8 Å². The van der Waals surface area contributed by atoms with Gasteiger partial charge in [-0.3, -0.25) is 4.98 Å².